The van der Waals surface area contributed by atoms with Gasteiger partial charge in [-0.2, -0.15) is 0 Å². The monoisotopic (exact) mass is 220 g/mol. The van der Waals surface area contributed by atoms with Gasteiger partial charge in [0.05, 0.1) is 11.1 Å². The molecular weight excluding hydrogens is 207 g/mol. The summed E-state index contributed by atoms with van der Waals surface area (Å²) in [5.74, 6) is -0.379. The van der Waals surface area contributed by atoms with Crippen LogP contribution >= 0.6 is 0 Å². The van der Waals surface area contributed by atoms with Gasteiger partial charge in [0.1, 0.15) is 5.82 Å². The second-order valence-electron chi connectivity index (χ2n) is 4.45. The van der Waals surface area contributed by atoms with Gasteiger partial charge in [0.25, 0.3) is 0 Å². The highest BCUT2D eigenvalue weighted by Gasteiger charge is 2.47. The predicted octanol–water partition coefficient (Wildman–Crippen LogP) is 1.40. The van der Waals surface area contributed by atoms with Crippen LogP contribution in [0.4, 0.5) is 10.1 Å². The summed E-state index contributed by atoms with van der Waals surface area (Å²) in [6.07, 6.45) is 1.49. The third kappa shape index (κ3) is 1.13. The molecule has 1 fully saturated rings. The number of anilines is 1. The van der Waals surface area contributed by atoms with Gasteiger partial charge in [0.2, 0.25) is 5.91 Å². The number of carbonyl (C=O) groups excluding carboxylic acids is 1. The van der Waals surface area contributed by atoms with Crippen LogP contribution in [0.25, 0.3) is 0 Å². The first-order valence-electron chi connectivity index (χ1n) is 5.55. The molecule has 2 aliphatic heterocycles. The van der Waals surface area contributed by atoms with Crippen LogP contribution in [0, 0.1) is 5.82 Å². The minimum atomic E-state index is -0.497. The molecule has 3 nitrogen and oxygen atoms in total. The quantitative estimate of drug-likeness (QED) is 0.694. The molecule has 2 heterocycles. The second kappa shape index (κ2) is 3.28. The summed E-state index contributed by atoms with van der Waals surface area (Å²) in [5, 5.41) is 5.91. The van der Waals surface area contributed by atoms with E-state index >= 15 is 0 Å². The maximum atomic E-state index is 13.6. The summed E-state index contributed by atoms with van der Waals surface area (Å²) in [7, 11) is 0. The molecule has 0 bridgehead atoms. The molecule has 0 saturated carbocycles. The minimum absolute atomic E-state index is 0.0471. The number of benzene rings is 1. The van der Waals surface area contributed by atoms with E-state index in [1.807, 2.05) is 6.07 Å². The van der Waals surface area contributed by atoms with Gasteiger partial charge < -0.3 is 10.6 Å². The fourth-order valence-corrected chi connectivity index (χ4v) is 2.76. The molecular formula is C12H13FN2O. The van der Waals surface area contributed by atoms with Crippen molar-refractivity contribution in [2.24, 2.45) is 0 Å². The SMILES string of the molecule is O=C1Nc2c(F)cccc2C12CCNCC2. The zero-order valence-corrected chi connectivity index (χ0v) is 8.85. The van der Waals surface area contributed by atoms with Crippen molar-refractivity contribution < 1.29 is 9.18 Å². The van der Waals surface area contributed by atoms with E-state index in [0.29, 0.717) is 5.69 Å². The van der Waals surface area contributed by atoms with Crippen LogP contribution in [0.3, 0.4) is 0 Å². The van der Waals surface area contributed by atoms with Crippen molar-refractivity contribution in [2.75, 3.05) is 18.4 Å². The van der Waals surface area contributed by atoms with E-state index in [1.165, 1.54) is 6.07 Å². The van der Waals surface area contributed by atoms with Crippen molar-refractivity contribution in [1.29, 1.82) is 0 Å². The van der Waals surface area contributed by atoms with Gasteiger partial charge in [-0.25, -0.2) is 4.39 Å². The number of hydrogen-bond acceptors (Lipinski definition) is 2. The van der Waals surface area contributed by atoms with Crippen molar-refractivity contribution in [3.05, 3.63) is 29.6 Å². The lowest BCUT2D eigenvalue weighted by Gasteiger charge is -2.31. The molecule has 0 aliphatic carbocycles. The van der Waals surface area contributed by atoms with Gasteiger partial charge >= 0.3 is 0 Å². The average molecular weight is 220 g/mol. The molecule has 1 aromatic carbocycles. The lowest BCUT2D eigenvalue weighted by Crippen LogP contribution is -2.44. The van der Waals surface area contributed by atoms with E-state index in [9.17, 15) is 9.18 Å². The molecule has 1 aromatic rings. The fraction of sp³-hybridized carbons (Fsp3) is 0.417. The van der Waals surface area contributed by atoms with Crippen molar-refractivity contribution in [3.8, 4) is 0 Å². The van der Waals surface area contributed by atoms with Crippen molar-refractivity contribution in [1.82, 2.24) is 5.32 Å². The minimum Gasteiger partial charge on any atom is -0.323 e. The maximum absolute atomic E-state index is 13.6. The number of fused-ring (bicyclic) bond motifs is 2. The largest absolute Gasteiger partial charge is 0.323 e. The van der Waals surface area contributed by atoms with E-state index in [-0.39, 0.29) is 11.7 Å². The maximum Gasteiger partial charge on any atom is 0.235 e. The molecule has 84 valence electrons. The summed E-state index contributed by atoms with van der Waals surface area (Å²) < 4.78 is 13.6. The molecule has 0 aromatic heterocycles. The molecule has 0 radical (unpaired) electrons. The molecule has 0 atom stereocenters. The Morgan fingerprint density at radius 2 is 2.00 bits per heavy atom. The van der Waals surface area contributed by atoms with Gasteiger partial charge in [-0.15, -0.1) is 0 Å². The lowest BCUT2D eigenvalue weighted by molar-refractivity contribution is -0.121. The first kappa shape index (κ1) is 9.78. The Hall–Kier alpha value is -1.42. The summed E-state index contributed by atoms with van der Waals surface area (Å²) in [6.45, 7) is 1.62. The number of nitrogens with one attached hydrogen (secondary N) is 2. The Labute approximate surface area is 93.0 Å². The smallest absolute Gasteiger partial charge is 0.235 e. The zero-order valence-electron chi connectivity index (χ0n) is 8.85. The average Bonchev–Trinajstić information content (AvgIpc) is 2.57. The molecule has 2 N–H and O–H groups in total. The topological polar surface area (TPSA) is 41.1 Å². The van der Waals surface area contributed by atoms with Crippen LogP contribution in [0.1, 0.15) is 18.4 Å². The number of halogens is 1. The molecule has 4 heteroatoms. The fourth-order valence-electron chi connectivity index (χ4n) is 2.76. The Kier molecular flexibility index (Phi) is 2.01. The summed E-state index contributed by atoms with van der Waals surface area (Å²) in [6, 6.07) is 4.93. The third-order valence-electron chi connectivity index (χ3n) is 3.66. The molecule has 2 aliphatic rings. The molecule has 16 heavy (non-hydrogen) atoms. The van der Waals surface area contributed by atoms with Crippen LogP contribution in [-0.2, 0) is 10.2 Å². The second-order valence-corrected chi connectivity index (χ2v) is 4.45. The van der Waals surface area contributed by atoms with E-state index in [4.69, 9.17) is 0 Å². The predicted molar refractivity (Wildman–Crippen MR) is 58.8 cm³/mol. The first-order chi connectivity index (χ1) is 7.74. The number of amides is 1. The van der Waals surface area contributed by atoms with E-state index < -0.39 is 5.41 Å². The Morgan fingerprint density at radius 3 is 2.75 bits per heavy atom. The van der Waals surface area contributed by atoms with Gasteiger partial charge in [-0.1, -0.05) is 12.1 Å². The number of piperidine rings is 1. The van der Waals surface area contributed by atoms with Crippen LogP contribution in [-0.4, -0.2) is 19.0 Å². The zero-order chi connectivity index (χ0) is 11.2. The van der Waals surface area contributed by atoms with Gasteiger partial charge in [0.15, 0.2) is 0 Å². The van der Waals surface area contributed by atoms with Crippen molar-refractivity contribution in [2.45, 2.75) is 18.3 Å². The highest BCUT2D eigenvalue weighted by molar-refractivity contribution is 6.06. The van der Waals surface area contributed by atoms with Crippen molar-refractivity contribution in [3.63, 3.8) is 0 Å². The molecule has 3 rings (SSSR count). The standard InChI is InChI=1S/C12H13FN2O/c13-9-3-1-2-8-10(9)15-11(16)12(8)4-6-14-7-5-12/h1-3,14H,4-7H2,(H,15,16). The van der Waals surface area contributed by atoms with Crippen LogP contribution < -0.4 is 10.6 Å². The highest BCUT2D eigenvalue weighted by atomic mass is 19.1. The summed E-state index contributed by atoms with van der Waals surface area (Å²) >= 11 is 0. The number of para-hydroxylation sites is 1. The Morgan fingerprint density at radius 1 is 1.25 bits per heavy atom. The lowest BCUT2D eigenvalue weighted by atomic mass is 9.74. The van der Waals surface area contributed by atoms with Gasteiger partial charge in [-0.05, 0) is 37.6 Å². The van der Waals surface area contributed by atoms with E-state index in [2.05, 4.69) is 10.6 Å². The number of rotatable bonds is 0. The number of carbonyl (C=O) groups is 1. The van der Waals surface area contributed by atoms with E-state index in [0.717, 1.165) is 31.5 Å². The van der Waals surface area contributed by atoms with Crippen LogP contribution in [0.5, 0.6) is 0 Å². The molecule has 1 amide bonds. The third-order valence-corrected chi connectivity index (χ3v) is 3.66. The molecule has 1 spiro atoms. The molecule has 0 unspecified atom stereocenters. The van der Waals surface area contributed by atoms with Crippen LogP contribution in [0.15, 0.2) is 18.2 Å². The Balaban J connectivity index is 2.15. The van der Waals surface area contributed by atoms with Crippen LogP contribution in [0.2, 0.25) is 0 Å². The van der Waals surface area contributed by atoms with Crippen molar-refractivity contribution >= 4 is 11.6 Å². The molecule has 1 saturated heterocycles. The highest BCUT2D eigenvalue weighted by Crippen LogP contribution is 2.44. The Bertz CT molecular complexity index is 452. The summed E-state index contributed by atoms with van der Waals surface area (Å²) in [5.41, 5.74) is 0.719. The van der Waals surface area contributed by atoms with Gasteiger partial charge in [0, 0.05) is 0 Å². The van der Waals surface area contributed by atoms with Gasteiger partial charge in [-0.3, -0.25) is 4.79 Å². The van der Waals surface area contributed by atoms with E-state index in [1.54, 1.807) is 6.07 Å². The normalized spacial score (nSPS) is 21.9. The first-order valence-corrected chi connectivity index (χ1v) is 5.55. The number of hydrogen-bond donors (Lipinski definition) is 2. The summed E-state index contributed by atoms with van der Waals surface area (Å²) in [4.78, 5) is 12.1.